The second kappa shape index (κ2) is 1.91. The van der Waals surface area contributed by atoms with Gasteiger partial charge in [0.05, 0.1) is 11.8 Å². The number of hydrogen-bond acceptors (Lipinski definition) is 3. The van der Waals surface area contributed by atoms with Crippen LogP contribution in [0.1, 0.15) is 0 Å². The van der Waals surface area contributed by atoms with E-state index in [0.717, 1.165) is 4.32 Å². The standard InChI is InChI=1S/CClIN4/c2-7-5-1(3)4-6-7. The van der Waals surface area contributed by atoms with Crippen LogP contribution in [0.5, 0.6) is 0 Å². The highest BCUT2D eigenvalue weighted by atomic mass is 127. The highest BCUT2D eigenvalue weighted by Gasteiger charge is 1.90. The highest BCUT2D eigenvalue weighted by Crippen LogP contribution is 1.90. The van der Waals surface area contributed by atoms with Crippen LogP contribution in [-0.4, -0.2) is 19.7 Å². The van der Waals surface area contributed by atoms with E-state index in [1.165, 1.54) is 0 Å². The lowest BCUT2D eigenvalue weighted by atomic mass is 11.4. The Morgan fingerprint density at radius 2 is 2.43 bits per heavy atom. The molecule has 1 rings (SSSR count). The maximum Gasteiger partial charge on any atom is 0.235 e. The summed E-state index contributed by atoms with van der Waals surface area (Å²) in [6, 6.07) is 0. The van der Waals surface area contributed by atoms with E-state index < -0.39 is 0 Å². The average Bonchev–Trinajstić information content (AvgIpc) is 1.87. The number of tetrazole rings is 1. The molecule has 0 unspecified atom stereocenters. The van der Waals surface area contributed by atoms with Crippen molar-refractivity contribution in [2.45, 2.75) is 0 Å². The minimum atomic E-state index is 0.549. The third-order valence-corrected chi connectivity index (χ3v) is 0.941. The Hall–Kier alpha value is 0.0900. The quantitative estimate of drug-likeness (QED) is 0.601. The number of hydrogen-bond donors (Lipinski definition) is 0. The Bertz CT molecular complexity index is 144. The van der Waals surface area contributed by atoms with Gasteiger partial charge in [-0.25, -0.2) is 0 Å². The van der Waals surface area contributed by atoms with E-state index in [1.54, 1.807) is 0 Å². The van der Waals surface area contributed by atoms with E-state index in [0.29, 0.717) is 3.83 Å². The Morgan fingerprint density at radius 1 is 1.71 bits per heavy atom. The van der Waals surface area contributed by atoms with Crippen molar-refractivity contribution in [1.82, 2.24) is 19.7 Å². The number of aromatic nitrogens is 4. The first kappa shape index (κ1) is 5.23. The Morgan fingerprint density at radius 3 is 2.57 bits per heavy atom. The number of nitrogens with zero attached hydrogens (tertiary/aromatic N) is 4. The molecule has 0 radical (unpaired) electrons. The van der Waals surface area contributed by atoms with Crippen LogP contribution in [-0.2, 0) is 0 Å². The van der Waals surface area contributed by atoms with Gasteiger partial charge in [-0.2, -0.15) is 0 Å². The van der Waals surface area contributed by atoms with Crippen molar-refractivity contribution in [1.29, 1.82) is 0 Å². The molecule has 7 heavy (non-hydrogen) atoms. The summed E-state index contributed by atoms with van der Waals surface area (Å²) in [6.07, 6.45) is 0. The third kappa shape index (κ3) is 1.23. The summed E-state index contributed by atoms with van der Waals surface area (Å²) in [5.41, 5.74) is 0. The number of rotatable bonds is 0. The molecule has 4 nitrogen and oxygen atoms in total. The van der Waals surface area contributed by atoms with Crippen LogP contribution in [0.2, 0.25) is 0 Å². The molecule has 0 N–H and O–H groups in total. The summed E-state index contributed by atoms with van der Waals surface area (Å²) in [5.74, 6) is 0. The van der Waals surface area contributed by atoms with Crippen LogP contribution in [0.15, 0.2) is 0 Å². The molecule has 0 aromatic carbocycles. The molecule has 0 aliphatic rings. The van der Waals surface area contributed by atoms with Crippen molar-refractivity contribution in [3.8, 4) is 0 Å². The molecule has 6 heteroatoms. The fourth-order valence-electron chi connectivity index (χ4n) is 0.182. The van der Waals surface area contributed by atoms with Gasteiger partial charge in [0.25, 0.3) is 0 Å². The molecular formula is CClIN4. The van der Waals surface area contributed by atoms with Gasteiger partial charge >= 0.3 is 0 Å². The summed E-state index contributed by atoms with van der Waals surface area (Å²) < 4.78 is 1.44. The molecule has 0 aliphatic carbocycles. The lowest BCUT2D eigenvalue weighted by Gasteiger charge is -1.67. The molecule has 0 aliphatic heterocycles. The topological polar surface area (TPSA) is 43.6 Å². The SMILES string of the molecule is Cln1nnc(I)n1. The zero-order valence-corrected chi connectivity index (χ0v) is 5.96. The summed E-state index contributed by atoms with van der Waals surface area (Å²) in [6.45, 7) is 0. The van der Waals surface area contributed by atoms with Crippen LogP contribution in [0.25, 0.3) is 0 Å². The fourth-order valence-corrected chi connectivity index (χ4v) is 0.716. The molecule has 0 saturated carbocycles. The maximum absolute atomic E-state index is 5.19. The molecule has 0 fully saturated rings. The van der Waals surface area contributed by atoms with Crippen molar-refractivity contribution in [2.24, 2.45) is 0 Å². The van der Waals surface area contributed by atoms with Gasteiger partial charge in [0.2, 0.25) is 3.83 Å². The Kier molecular flexibility index (Phi) is 1.43. The van der Waals surface area contributed by atoms with Crippen molar-refractivity contribution < 1.29 is 0 Å². The van der Waals surface area contributed by atoms with Gasteiger partial charge in [-0.1, -0.05) is 4.32 Å². The molecule has 0 amide bonds. The molecule has 0 atom stereocenters. The lowest BCUT2D eigenvalue weighted by Crippen LogP contribution is -1.82. The highest BCUT2D eigenvalue weighted by molar-refractivity contribution is 14.1. The van der Waals surface area contributed by atoms with Crippen LogP contribution >= 0.6 is 34.4 Å². The van der Waals surface area contributed by atoms with E-state index >= 15 is 0 Å². The first-order valence-corrected chi connectivity index (χ1v) is 2.82. The second-order valence-corrected chi connectivity index (χ2v) is 2.07. The zero-order chi connectivity index (χ0) is 5.28. The largest absolute Gasteiger partial charge is 0.235 e. The van der Waals surface area contributed by atoms with Crippen molar-refractivity contribution in [3.05, 3.63) is 3.83 Å². The summed E-state index contributed by atoms with van der Waals surface area (Å²) >= 11 is 7.10. The fraction of sp³-hybridized carbons (Fsp3) is 0. The smallest absolute Gasteiger partial charge is 0.108 e. The maximum atomic E-state index is 5.19. The van der Waals surface area contributed by atoms with Crippen LogP contribution in [0.3, 0.4) is 0 Å². The molecule has 1 heterocycles. The van der Waals surface area contributed by atoms with Gasteiger partial charge in [0, 0.05) is 22.6 Å². The molecule has 0 bridgehead atoms. The van der Waals surface area contributed by atoms with Gasteiger partial charge in [0.15, 0.2) is 0 Å². The van der Waals surface area contributed by atoms with E-state index in [4.69, 9.17) is 11.8 Å². The molecule has 0 spiro atoms. The van der Waals surface area contributed by atoms with Crippen LogP contribution in [0.4, 0.5) is 0 Å². The van der Waals surface area contributed by atoms with Crippen molar-refractivity contribution >= 4 is 34.4 Å². The second-order valence-electron chi connectivity index (χ2n) is 0.799. The van der Waals surface area contributed by atoms with Gasteiger partial charge in [0.1, 0.15) is 0 Å². The molecule has 1 aromatic rings. The van der Waals surface area contributed by atoms with E-state index in [2.05, 4.69) is 15.4 Å². The average molecular weight is 230 g/mol. The van der Waals surface area contributed by atoms with Crippen molar-refractivity contribution in [3.63, 3.8) is 0 Å². The summed E-state index contributed by atoms with van der Waals surface area (Å²) in [4.78, 5) is 0. The van der Waals surface area contributed by atoms with Crippen molar-refractivity contribution in [2.75, 3.05) is 0 Å². The Balaban J connectivity index is 3.04. The third-order valence-electron chi connectivity index (χ3n) is 0.366. The van der Waals surface area contributed by atoms with E-state index in [-0.39, 0.29) is 0 Å². The van der Waals surface area contributed by atoms with Crippen LogP contribution in [0, 0.1) is 3.83 Å². The number of halogens is 2. The van der Waals surface area contributed by atoms with Gasteiger partial charge < -0.3 is 0 Å². The molecule has 0 saturated heterocycles. The lowest BCUT2D eigenvalue weighted by molar-refractivity contribution is 0.803. The van der Waals surface area contributed by atoms with Gasteiger partial charge in [-0.3, -0.25) is 0 Å². The predicted octanol–water partition coefficient (Wildman–Crippen LogP) is 0.280. The van der Waals surface area contributed by atoms with Gasteiger partial charge in [-0.15, -0.1) is 10.2 Å². The van der Waals surface area contributed by atoms with Gasteiger partial charge in [-0.05, 0) is 5.21 Å². The molecule has 38 valence electrons. The van der Waals surface area contributed by atoms with Crippen LogP contribution < -0.4 is 0 Å². The molecule has 1 aromatic heterocycles. The van der Waals surface area contributed by atoms with E-state index in [1.807, 2.05) is 22.6 Å². The summed E-state index contributed by atoms with van der Waals surface area (Å²) in [5, 5.41) is 10.4. The minimum Gasteiger partial charge on any atom is -0.108 e. The first-order valence-electron chi connectivity index (χ1n) is 1.41. The van der Waals surface area contributed by atoms with E-state index in [9.17, 15) is 0 Å². The zero-order valence-electron chi connectivity index (χ0n) is 3.04. The predicted molar refractivity (Wildman–Crippen MR) is 31.8 cm³/mol. The normalized spacial score (nSPS) is 9.43. The Labute approximate surface area is 58.1 Å². The first-order chi connectivity index (χ1) is 3.29. The molecular weight excluding hydrogens is 230 g/mol. The summed E-state index contributed by atoms with van der Waals surface area (Å²) in [7, 11) is 0. The minimum absolute atomic E-state index is 0.549. The monoisotopic (exact) mass is 230 g/mol.